The summed E-state index contributed by atoms with van der Waals surface area (Å²) in [6, 6.07) is -0.0278. The van der Waals surface area contributed by atoms with Crippen molar-refractivity contribution in [2.24, 2.45) is 0 Å². The van der Waals surface area contributed by atoms with E-state index in [0.717, 1.165) is 0 Å². The van der Waals surface area contributed by atoms with E-state index in [1.807, 2.05) is 27.7 Å². The summed E-state index contributed by atoms with van der Waals surface area (Å²) in [5.41, 5.74) is 0.0328. The van der Waals surface area contributed by atoms with Crippen LogP contribution in [0, 0.1) is 0 Å². The Kier molecular flexibility index (Phi) is 2.91. The first kappa shape index (κ1) is 9.50. The molecular formula is C8H17NO. The second kappa shape index (κ2) is 3.06. The largest absolute Gasteiger partial charge is 0.511 e. The summed E-state index contributed by atoms with van der Waals surface area (Å²) in [5.74, 6) is 0.190. The van der Waals surface area contributed by atoms with Crippen LogP contribution in [0.2, 0.25) is 0 Å². The van der Waals surface area contributed by atoms with Crippen molar-refractivity contribution in [3.63, 3.8) is 0 Å². The van der Waals surface area contributed by atoms with Crippen molar-refractivity contribution in [1.29, 1.82) is 0 Å². The van der Waals surface area contributed by atoms with Crippen molar-refractivity contribution < 1.29 is 5.11 Å². The molecule has 2 heteroatoms. The maximum absolute atomic E-state index is 8.93. The predicted molar refractivity (Wildman–Crippen MR) is 44.1 cm³/mol. The Balaban J connectivity index is 3.80. The van der Waals surface area contributed by atoms with Gasteiger partial charge in [0.2, 0.25) is 0 Å². The van der Waals surface area contributed by atoms with Gasteiger partial charge in [-0.1, -0.05) is 6.58 Å². The van der Waals surface area contributed by atoms with E-state index in [1.165, 1.54) is 0 Å². The highest BCUT2D eigenvalue weighted by molar-refractivity contribution is 4.94. The fourth-order valence-corrected chi connectivity index (χ4v) is 0.733. The third-order valence-electron chi connectivity index (χ3n) is 1.15. The van der Waals surface area contributed by atoms with Crippen LogP contribution in [0.5, 0.6) is 0 Å². The molecule has 10 heavy (non-hydrogen) atoms. The lowest BCUT2D eigenvalue weighted by Gasteiger charge is -2.25. The standard InChI is InChI=1S/C8H17NO/c1-6(7(2)10)9-8(3,4)5/h6,9-10H,2H2,1,3-5H3/t6-/m1/s1. The maximum atomic E-state index is 8.93. The second-order valence-corrected chi connectivity index (χ2v) is 3.61. The van der Waals surface area contributed by atoms with Crippen LogP contribution in [0.15, 0.2) is 12.3 Å². The molecule has 2 nitrogen and oxygen atoms in total. The first-order chi connectivity index (χ1) is 4.33. The summed E-state index contributed by atoms with van der Waals surface area (Å²) >= 11 is 0. The minimum atomic E-state index is -0.0278. The average Bonchev–Trinajstić information content (AvgIpc) is 1.60. The Morgan fingerprint density at radius 3 is 2.00 bits per heavy atom. The van der Waals surface area contributed by atoms with Crippen molar-refractivity contribution in [3.05, 3.63) is 12.3 Å². The van der Waals surface area contributed by atoms with Gasteiger partial charge in [-0.05, 0) is 27.7 Å². The van der Waals surface area contributed by atoms with Gasteiger partial charge in [-0.15, -0.1) is 0 Å². The Morgan fingerprint density at radius 2 is 1.90 bits per heavy atom. The molecule has 0 aromatic rings. The Hall–Kier alpha value is -0.500. The summed E-state index contributed by atoms with van der Waals surface area (Å²) in [6.07, 6.45) is 0. The highest BCUT2D eigenvalue weighted by atomic mass is 16.3. The highest BCUT2D eigenvalue weighted by Crippen LogP contribution is 2.03. The molecule has 0 aliphatic heterocycles. The molecule has 60 valence electrons. The molecule has 0 bridgehead atoms. The third-order valence-corrected chi connectivity index (χ3v) is 1.15. The smallest absolute Gasteiger partial charge is 0.102 e. The number of hydrogen-bond donors (Lipinski definition) is 2. The first-order valence-corrected chi connectivity index (χ1v) is 3.48. The average molecular weight is 143 g/mol. The van der Waals surface area contributed by atoms with Crippen molar-refractivity contribution >= 4 is 0 Å². The molecule has 0 fully saturated rings. The van der Waals surface area contributed by atoms with Gasteiger partial charge in [-0.3, -0.25) is 0 Å². The molecule has 0 saturated heterocycles. The molecule has 1 atom stereocenters. The molecule has 2 N–H and O–H groups in total. The van der Waals surface area contributed by atoms with Crippen LogP contribution in [-0.2, 0) is 0 Å². The van der Waals surface area contributed by atoms with Crippen LogP contribution < -0.4 is 5.32 Å². The van der Waals surface area contributed by atoms with Gasteiger partial charge in [0.05, 0.1) is 6.04 Å². The van der Waals surface area contributed by atoms with Crippen LogP contribution in [0.1, 0.15) is 27.7 Å². The number of nitrogens with one attached hydrogen (secondary N) is 1. The van der Waals surface area contributed by atoms with Gasteiger partial charge in [0, 0.05) is 5.54 Å². The highest BCUT2D eigenvalue weighted by Gasteiger charge is 2.14. The number of hydrogen-bond acceptors (Lipinski definition) is 2. The summed E-state index contributed by atoms with van der Waals surface area (Å²) in [4.78, 5) is 0. The van der Waals surface area contributed by atoms with E-state index in [9.17, 15) is 0 Å². The summed E-state index contributed by atoms with van der Waals surface area (Å²) < 4.78 is 0. The van der Waals surface area contributed by atoms with Gasteiger partial charge in [-0.2, -0.15) is 0 Å². The summed E-state index contributed by atoms with van der Waals surface area (Å²) in [6.45, 7) is 11.5. The van der Waals surface area contributed by atoms with Crippen LogP contribution in [0.4, 0.5) is 0 Å². The quantitative estimate of drug-likeness (QED) is 0.578. The second-order valence-electron chi connectivity index (χ2n) is 3.61. The molecule has 0 unspecified atom stereocenters. The van der Waals surface area contributed by atoms with Crippen molar-refractivity contribution in [2.75, 3.05) is 0 Å². The van der Waals surface area contributed by atoms with Gasteiger partial charge in [0.25, 0.3) is 0 Å². The predicted octanol–water partition coefficient (Wildman–Crippen LogP) is 1.83. The monoisotopic (exact) mass is 143 g/mol. The van der Waals surface area contributed by atoms with Crippen LogP contribution in [0.3, 0.4) is 0 Å². The fourth-order valence-electron chi connectivity index (χ4n) is 0.733. The van der Waals surface area contributed by atoms with Crippen LogP contribution in [-0.4, -0.2) is 16.7 Å². The molecule has 0 aromatic carbocycles. The van der Waals surface area contributed by atoms with E-state index in [-0.39, 0.29) is 17.3 Å². The van der Waals surface area contributed by atoms with Crippen molar-refractivity contribution in [3.8, 4) is 0 Å². The van der Waals surface area contributed by atoms with Crippen molar-refractivity contribution in [1.82, 2.24) is 5.32 Å². The number of aliphatic hydroxyl groups is 1. The molecule has 0 heterocycles. The molecule has 0 saturated carbocycles. The van der Waals surface area contributed by atoms with Gasteiger partial charge in [0.1, 0.15) is 5.76 Å². The zero-order valence-corrected chi connectivity index (χ0v) is 7.23. The third kappa shape index (κ3) is 4.39. The lowest BCUT2D eigenvalue weighted by molar-refractivity contribution is 0.306. The SMILES string of the molecule is C=C(O)[C@@H](C)NC(C)(C)C. The van der Waals surface area contributed by atoms with Crippen molar-refractivity contribution in [2.45, 2.75) is 39.3 Å². The lowest BCUT2D eigenvalue weighted by atomic mass is 10.1. The first-order valence-electron chi connectivity index (χ1n) is 3.48. The van der Waals surface area contributed by atoms with Gasteiger partial charge < -0.3 is 10.4 Å². The molecule has 0 rings (SSSR count). The van der Waals surface area contributed by atoms with Crippen LogP contribution >= 0.6 is 0 Å². The van der Waals surface area contributed by atoms with E-state index in [2.05, 4.69) is 11.9 Å². The van der Waals surface area contributed by atoms with E-state index in [0.29, 0.717) is 0 Å². The molecule has 0 amide bonds. The molecule has 0 aliphatic carbocycles. The van der Waals surface area contributed by atoms with E-state index in [1.54, 1.807) is 0 Å². The number of aliphatic hydroxyl groups excluding tert-OH is 1. The molecular weight excluding hydrogens is 126 g/mol. The zero-order chi connectivity index (χ0) is 8.36. The minimum absolute atomic E-state index is 0.0278. The Morgan fingerprint density at radius 1 is 1.50 bits per heavy atom. The number of rotatable bonds is 2. The zero-order valence-electron chi connectivity index (χ0n) is 7.23. The summed E-state index contributed by atoms with van der Waals surface area (Å²) in [5, 5.41) is 12.1. The fraction of sp³-hybridized carbons (Fsp3) is 0.750. The van der Waals surface area contributed by atoms with Gasteiger partial charge in [0.15, 0.2) is 0 Å². The minimum Gasteiger partial charge on any atom is -0.511 e. The van der Waals surface area contributed by atoms with Crippen LogP contribution in [0.25, 0.3) is 0 Å². The van der Waals surface area contributed by atoms with E-state index in [4.69, 9.17) is 5.11 Å². The normalized spacial score (nSPS) is 14.8. The maximum Gasteiger partial charge on any atom is 0.102 e. The Labute approximate surface area is 62.9 Å². The van der Waals surface area contributed by atoms with Gasteiger partial charge in [-0.25, -0.2) is 0 Å². The van der Waals surface area contributed by atoms with E-state index >= 15 is 0 Å². The molecule has 0 aliphatic rings. The summed E-state index contributed by atoms with van der Waals surface area (Å²) in [7, 11) is 0. The topological polar surface area (TPSA) is 32.3 Å². The molecule has 0 spiro atoms. The molecule has 0 radical (unpaired) electrons. The van der Waals surface area contributed by atoms with E-state index < -0.39 is 0 Å². The lowest BCUT2D eigenvalue weighted by Crippen LogP contribution is -2.42. The molecule has 0 aromatic heterocycles. The van der Waals surface area contributed by atoms with Gasteiger partial charge >= 0.3 is 0 Å². The Bertz CT molecular complexity index is 124.